The van der Waals surface area contributed by atoms with Gasteiger partial charge in [0.25, 0.3) is 0 Å². The first-order valence-corrected chi connectivity index (χ1v) is 7.88. The fraction of sp³-hybridized carbons (Fsp3) is 0.368. The third-order valence-corrected chi connectivity index (χ3v) is 4.66. The predicted octanol–water partition coefficient (Wildman–Crippen LogP) is 4.59. The molecule has 2 aromatic rings. The molecule has 1 nitrogen and oxygen atoms in total. The minimum Gasteiger partial charge on any atom is -0.298 e. The summed E-state index contributed by atoms with van der Waals surface area (Å²) in [4.78, 5) is 2.41. The SMILES string of the molecule is CC[C@@H]1CN(Cc2ccccc2)C[C@H]1c1ccc(F)c(F)c1. The zero-order chi connectivity index (χ0) is 15.5. The van der Waals surface area contributed by atoms with Gasteiger partial charge < -0.3 is 0 Å². The van der Waals surface area contributed by atoms with Gasteiger partial charge in [-0.3, -0.25) is 4.90 Å². The number of hydrogen-bond acceptors (Lipinski definition) is 1. The molecule has 0 radical (unpaired) electrons. The fourth-order valence-corrected chi connectivity index (χ4v) is 3.47. The van der Waals surface area contributed by atoms with E-state index in [0.717, 1.165) is 31.6 Å². The Hall–Kier alpha value is -1.74. The van der Waals surface area contributed by atoms with Crippen LogP contribution in [0.4, 0.5) is 8.78 Å². The lowest BCUT2D eigenvalue weighted by atomic mass is 9.87. The highest BCUT2D eigenvalue weighted by molar-refractivity contribution is 5.25. The Bertz CT molecular complexity index is 627. The molecule has 2 aromatic carbocycles. The molecule has 116 valence electrons. The van der Waals surface area contributed by atoms with Crippen molar-refractivity contribution in [3.63, 3.8) is 0 Å². The van der Waals surface area contributed by atoms with Crippen LogP contribution in [0.15, 0.2) is 48.5 Å². The Morgan fingerprint density at radius 1 is 1.00 bits per heavy atom. The van der Waals surface area contributed by atoms with Crippen LogP contribution in [0, 0.1) is 17.6 Å². The smallest absolute Gasteiger partial charge is 0.159 e. The molecule has 0 aromatic heterocycles. The van der Waals surface area contributed by atoms with Crippen molar-refractivity contribution in [2.75, 3.05) is 13.1 Å². The molecule has 22 heavy (non-hydrogen) atoms. The van der Waals surface area contributed by atoms with Crippen molar-refractivity contribution in [1.82, 2.24) is 4.90 Å². The molecule has 3 rings (SSSR count). The van der Waals surface area contributed by atoms with Gasteiger partial charge in [-0.05, 0) is 29.2 Å². The molecule has 0 bridgehead atoms. The monoisotopic (exact) mass is 301 g/mol. The lowest BCUT2D eigenvalue weighted by Gasteiger charge is -2.17. The van der Waals surface area contributed by atoms with Gasteiger partial charge in [-0.1, -0.05) is 49.7 Å². The number of benzene rings is 2. The van der Waals surface area contributed by atoms with Crippen LogP contribution in [-0.2, 0) is 6.54 Å². The van der Waals surface area contributed by atoms with E-state index in [4.69, 9.17) is 0 Å². The Morgan fingerprint density at radius 2 is 1.77 bits per heavy atom. The first-order chi connectivity index (χ1) is 10.7. The Balaban J connectivity index is 1.75. The van der Waals surface area contributed by atoms with E-state index in [1.807, 2.05) is 6.07 Å². The summed E-state index contributed by atoms with van der Waals surface area (Å²) < 4.78 is 26.7. The van der Waals surface area contributed by atoms with Crippen molar-refractivity contribution in [1.29, 1.82) is 0 Å². The summed E-state index contributed by atoms with van der Waals surface area (Å²) in [5.41, 5.74) is 2.21. The lowest BCUT2D eigenvalue weighted by molar-refractivity contribution is 0.314. The maximum absolute atomic E-state index is 13.5. The highest BCUT2D eigenvalue weighted by Gasteiger charge is 2.32. The molecule has 1 saturated heterocycles. The number of hydrogen-bond donors (Lipinski definition) is 0. The van der Waals surface area contributed by atoms with Crippen LogP contribution in [0.3, 0.4) is 0 Å². The predicted molar refractivity (Wildman–Crippen MR) is 84.6 cm³/mol. The van der Waals surface area contributed by atoms with Gasteiger partial charge in [-0.2, -0.15) is 0 Å². The maximum atomic E-state index is 13.5. The summed E-state index contributed by atoms with van der Waals surface area (Å²) >= 11 is 0. The number of rotatable bonds is 4. The van der Waals surface area contributed by atoms with E-state index in [1.54, 1.807) is 6.07 Å². The molecule has 2 atom stereocenters. The van der Waals surface area contributed by atoms with Crippen molar-refractivity contribution in [2.45, 2.75) is 25.8 Å². The van der Waals surface area contributed by atoms with Crippen molar-refractivity contribution < 1.29 is 8.78 Å². The highest BCUT2D eigenvalue weighted by atomic mass is 19.2. The lowest BCUT2D eigenvalue weighted by Crippen LogP contribution is -2.20. The average molecular weight is 301 g/mol. The number of halogens is 2. The number of nitrogens with zero attached hydrogens (tertiary/aromatic N) is 1. The number of likely N-dealkylation sites (tertiary alicyclic amines) is 1. The van der Waals surface area contributed by atoms with E-state index in [1.165, 1.54) is 17.7 Å². The largest absolute Gasteiger partial charge is 0.298 e. The van der Waals surface area contributed by atoms with Gasteiger partial charge in [0.05, 0.1) is 0 Å². The van der Waals surface area contributed by atoms with Gasteiger partial charge in [-0.15, -0.1) is 0 Å². The summed E-state index contributed by atoms with van der Waals surface area (Å²) in [6.45, 7) is 4.99. The highest BCUT2D eigenvalue weighted by Crippen LogP contribution is 2.35. The first-order valence-electron chi connectivity index (χ1n) is 7.88. The molecule has 0 spiro atoms. The molecular formula is C19H21F2N. The van der Waals surface area contributed by atoms with Crippen molar-refractivity contribution in [3.05, 3.63) is 71.3 Å². The molecule has 0 N–H and O–H groups in total. The Kier molecular flexibility index (Phi) is 4.53. The Labute approximate surface area is 130 Å². The standard InChI is InChI=1S/C19H21F2N/c1-2-15-12-22(11-14-6-4-3-5-7-14)13-17(15)16-8-9-18(20)19(21)10-16/h3-10,15,17H,2,11-13H2,1H3/t15-,17-/m1/s1. The molecule has 1 fully saturated rings. The minimum atomic E-state index is -0.768. The minimum absolute atomic E-state index is 0.281. The third-order valence-electron chi connectivity index (χ3n) is 4.66. The van der Waals surface area contributed by atoms with Crippen molar-refractivity contribution in [2.24, 2.45) is 5.92 Å². The zero-order valence-electron chi connectivity index (χ0n) is 12.8. The van der Waals surface area contributed by atoms with Crippen LogP contribution in [0.2, 0.25) is 0 Å². The van der Waals surface area contributed by atoms with Gasteiger partial charge >= 0.3 is 0 Å². The molecule has 0 amide bonds. The second-order valence-corrected chi connectivity index (χ2v) is 6.13. The third kappa shape index (κ3) is 3.20. The molecule has 0 aliphatic carbocycles. The molecular weight excluding hydrogens is 280 g/mol. The summed E-state index contributed by atoms with van der Waals surface area (Å²) in [5, 5.41) is 0. The van der Waals surface area contributed by atoms with Crippen LogP contribution >= 0.6 is 0 Å². The molecule has 1 heterocycles. The Morgan fingerprint density at radius 3 is 2.45 bits per heavy atom. The van der Waals surface area contributed by atoms with E-state index in [2.05, 4.69) is 36.1 Å². The van der Waals surface area contributed by atoms with Crippen LogP contribution in [0.5, 0.6) is 0 Å². The van der Waals surface area contributed by atoms with Crippen LogP contribution in [0.25, 0.3) is 0 Å². The molecule has 3 heteroatoms. The van der Waals surface area contributed by atoms with Gasteiger partial charge in [-0.25, -0.2) is 8.78 Å². The summed E-state index contributed by atoms with van der Waals surface area (Å²) in [6.07, 6.45) is 1.05. The summed E-state index contributed by atoms with van der Waals surface area (Å²) in [7, 11) is 0. The van der Waals surface area contributed by atoms with E-state index >= 15 is 0 Å². The summed E-state index contributed by atoms with van der Waals surface area (Å²) in [6, 6.07) is 14.7. The first kappa shape index (κ1) is 15.2. The van der Waals surface area contributed by atoms with E-state index < -0.39 is 11.6 Å². The maximum Gasteiger partial charge on any atom is 0.159 e. The molecule has 1 aliphatic heterocycles. The molecule has 1 aliphatic rings. The van der Waals surface area contributed by atoms with Crippen LogP contribution in [0.1, 0.15) is 30.4 Å². The second kappa shape index (κ2) is 6.57. The van der Waals surface area contributed by atoms with Gasteiger partial charge in [0.2, 0.25) is 0 Å². The molecule has 0 unspecified atom stereocenters. The summed E-state index contributed by atoms with van der Waals surface area (Å²) in [5.74, 6) is -0.734. The fourth-order valence-electron chi connectivity index (χ4n) is 3.47. The topological polar surface area (TPSA) is 3.24 Å². The van der Waals surface area contributed by atoms with E-state index in [-0.39, 0.29) is 5.92 Å². The van der Waals surface area contributed by atoms with Gasteiger partial charge in [0.15, 0.2) is 11.6 Å². The van der Waals surface area contributed by atoms with Crippen LogP contribution < -0.4 is 0 Å². The molecule has 0 saturated carbocycles. The van der Waals surface area contributed by atoms with Crippen molar-refractivity contribution >= 4 is 0 Å². The van der Waals surface area contributed by atoms with Gasteiger partial charge in [0.1, 0.15) is 0 Å². The van der Waals surface area contributed by atoms with E-state index in [0.29, 0.717) is 5.92 Å². The van der Waals surface area contributed by atoms with E-state index in [9.17, 15) is 8.78 Å². The van der Waals surface area contributed by atoms with Gasteiger partial charge in [0, 0.05) is 25.6 Å². The second-order valence-electron chi connectivity index (χ2n) is 6.13. The zero-order valence-corrected chi connectivity index (χ0v) is 12.8. The quantitative estimate of drug-likeness (QED) is 0.798. The normalized spacial score (nSPS) is 22.1. The van der Waals surface area contributed by atoms with Crippen LogP contribution in [-0.4, -0.2) is 18.0 Å². The average Bonchev–Trinajstić information content (AvgIpc) is 2.94. The van der Waals surface area contributed by atoms with Crippen molar-refractivity contribution in [3.8, 4) is 0 Å².